The van der Waals surface area contributed by atoms with Crippen molar-refractivity contribution in [3.8, 4) is 0 Å². The number of aromatic nitrogens is 1. The van der Waals surface area contributed by atoms with Crippen molar-refractivity contribution in [3.63, 3.8) is 0 Å². The number of aliphatic imine (C=N–C) groups is 1. The van der Waals surface area contributed by atoms with E-state index in [0.29, 0.717) is 11.0 Å². The first-order valence-corrected chi connectivity index (χ1v) is 12.9. The van der Waals surface area contributed by atoms with E-state index in [1.165, 1.54) is 46.1 Å². The van der Waals surface area contributed by atoms with Crippen LogP contribution in [0.3, 0.4) is 0 Å². The molecule has 0 fully saturated rings. The molecule has 34 heavy (non-hydrogen) atoms. The maximum absolute atomic E-state index is 6.23. The van der Waals surface area contributed by atoms with Crippen LogP contribution >= 0.6 is 23.2 Å². The molecule has 0 bridgehead atoms. The number of nitrogens with one attached hydrogen (secondary N) is 1. The molecule has 0 aliphatic heterocycles. The van der Waals surface area contributed by atoms with Gasteiger partial charge in [-0.25, -0.2) is 0 Å². The minimum absolute atomic E-state index is 0.355. The van der Waals surface area contributed by atoms with Gasteiger partial charge < -0.3 is 4.98 Å². The lowest BCUT2D eigenvalue weighted by atomic mass is 9.92. The van der Waals surface area contributed by atoms with E-state index in [2.05, 4.69) is 80.1 Å². The van der Waals surface area contributed by atoms with Crippen molar-refractivity contribution in [2.45, 2.75) is 73.1 Å². The van der Waals surface area contributed by atoms with Crippen LogP contribution in [-0.4, -0.2) is 11.2 Å². The summed E-state index contributed by atoms with van der Waals surface area (Å²) in [5, 5.41) is 2.76. The van der Waals surface area contributed by atoms with Gasteiger partial charge >= 0.3 is 0 Å². The number of benzene rings is 2. The van der Waals surface area contributed by atoms with E-state index in [1.54, 1.807) is 6.21 Å². The lowest BCUT2D eigenvalue weighted by Gasteiger charge is -2.14. The molecule has 0 amide bonds. The summed E-state index contributed by atoms with van der Waals surface area (Å²) in [6.07, 6.45) is 10.0. The third-order valence-corrected chi connectivity index (χ3v) is 6.41. The van der Waals surface area contributed by atoms with Crippen LogP contribution in [0.4, 0.5) is 0 Å². The second-order valence-corrected chi connectivity index (χ2v) is 9.50. The Bertz CT molecular complexity index is 1130. The zero-order valence-corrected chi connectivity index (χ0v) is 22.9. The number of H-pyrrole nitrogens is 1. The highest BCUT2D eigenvalue weighted by Crippen LogP contribution is 2.34. The first-order chi connectivity index (χ1) is 16.3. The van der Waals surface area contributed by atoms with Crippen LogP contribution < -0.4 is 0 Å². The van der Waals surface area contributed by atoms with E-state index >= 15 is 0 Å². The number of aromatic amines is 1. The van der Waals surface area contributed by atoms with Gasteiger partial charge in [-0.2, -0.15) is 0 Å². The normalized spacial score (nSPS) is 13.3. The van der Waals surface area contributed by atoms with Crippen molar-refractivity contribution < 1.29 is 0 Å². The molecule has 1 heterocycles. The number of fused-ring (bicyclic) bond motifs is 1. The highest BCUT2D eigenvalue weighted by molar-refractivity contribution is 6.39. The molecule has 1 atom stereocenters. The molecule has 0 radical (unpaired) electrons. The standard InChI is InChI=1S/C21H24ClN.C9H14ClN/c1-4-5-6-18-19-13-17(22)11-12-20(19)23-21(18)15(3)16-9-7-14(2)8-10-16;1-4-6-8(3)11-7-9(10)5-2/h7-13,15,23H,4-6H2,1-3H3;5-7H,4H2,1-3H3/b;8-6+,9-5+,11-7+. The van der Waals surface area contributed by atoms with Gasteiger partial charge in [0.2, 0.25) is 0 Å². The Morgan fingerprint density at radius 3 is 2.44 bits per heavy atom. The molecule has 3 aromatic rings. The van der Waals surface area contributed by atoms with Crippen molar-refractivity contribution in [2.75, 3.05) is 0 Å². The van der Waals surface area contributed by atoms with Crippen LogP contribution in [0.25, 0.3) is 10.9 Å². The predicted molar refractivity (Wildman–Crippen MR) is 153 cm³/mol. The molecule has 0 aliphatic rings. The first kappa shape index (κ1) is 28.0. The Morgan fingerprint density at radius 1 is 1.12 bits per heavy atom. The fraction of sp³-hybridized carbons (Fsp3) is 0.367. The lowest BCUT2D eigenvalue weighted by molar-refractivity contribution is 0.775. The van der Waals surface area contributed by atoms with Gasteiger partial charge in [0, 0.05) is 39.4 Å². The van der Waals surface area contributed by atoms with Gasteiger partial charge in [-0.15, -0.1) is 0 Å². The minimum atomic E-state index is 0.355. The molecule has 1 N–H and O–H groups in total. The van der Waals surface area contributed by atoms with E-state index < -0.39 is 0 Å². The molecular weight excluding hydrogens is 459 g/mol. The van der Waals surface area contributed by atoms with Crippen LogP contribution in [0.1, 0.15) is 82.2 Å². The maximum atomic E-state index is 6.23. The van der Waals surface area contributed by atoms with Crippen LogP contribution in [0.15, 0.2) is 70.3 Å². The zero-order chi connectivity index (χ0) is 25.1. The summed E-state index contributed by atoms with van der Waals surface area (Å²) >= 11 is 11.9. The van der Waals surface area contributed by atoms with E-state index in [9.17, 15) is 0 Å². The number of allylic oxidation sites excluding steroid dienone is 4. The number of hydrogen-bond donors (Lipinski definition) is 1. The van der Waals surface area contributed by atoms with E-state index in [0.717, 1.165) is 23.6 Å². The summed E-state index contributed by atoms with van der Waals surface area (Å²) in [6.45, 7) is 12.6. The summed E-state index contributed by atoms with van der Waals surface area (Å²) in [7, 11) is 0. The van der Waals surface area contributed by atoms with Gasteiger partial charge in [-0.1, -0.05) is 92.4 Å². The molecule has 0 saturated carbocycles. The molecule has 0 spiro atoms. The topological polar surface area (TPSA) is 28.1 Å². The molecule has 0 aliphatic carbocycles. The molecule has 2 nitrogen and oxygen atoms in total. The molecule has 4 heteroatoms. The quantitative estimate of drug-likeness (QED) is 0.300. The van der Waals surface area contributed by atoms with Crippen molar-refractivity contribution in [1.29, 1.82) is 0 Å². The molecule has 182 valence electrons. The van der Waals surface area contributed by atoms with E-state index in [-0.39, 0.29) is 0 Å². The van der Waals surface area contributed by atoms with E-state index in [4.69, 9.17) is 23.2 Å². The molecule has 3 rings (SSSR count). The number of aryl methyl sites for hydroxylation is 2. The van der Waals surface area contributed by atoms with Crippen molar-refractivity contribution in [2.24, 2.45) is 4.99 Å². The number of halogens is 2. The Hall–Kier alpha value is -2.29. The van der Waals surface area contributed by atoms with Gasteiger partial charge in [-0.3, -0.25) is 4.99 Å². The summed E-state index contributed by atoms with van der Waals surface area (Å²) in [5.74, 6) is 0.355. The first-order valence-electron chi connectivity index (χ1n) is 12.2. The lowest BCUT2D eigenvalue weighted by Crippen LogP contribution is -2.01. The zero-order valence-electron chi connectivity index (χ0n) is 21.4. The van der Waals surface area contributed by atoms with Gasteiger partial charge in [0.25, 0.3) is 0 Å². The Morgan fingerprint density at radius 2 is 1.82 bits per heavy atom. The molecular formula is C30H38Cl2N2. The fourth-order valence-electron chi connectivity index (χ4n) is 3.84. The SMILES string of the molecule is CCCCc1c(C(C)c2ccc(C)cc2)[nH]c2ccc(Cl)cc12.C\C=C(Cl)/C=N/C(C)=C/CC. The number of nitrogens with zero attached hydrogens (tertiary/aromatic N) is 1. The Kier molecular flexibility index (Phi) is 11.7. The summed E-state index contributed by atoms with van der Waals surface area (Å²) < 4.78 is 0. The maximum Gasteiger partial charge on any atom is 0.0546 e. The second kappa shape index (κ2) is 14.2. The summed E-state index contributed by atoms with van der Waals surface area (Å²) in [4.78, 5) is 7.78. The van der Waals surface area contributed by atoms with Gasteiger partial charge in [0.1, 0.15) is 0 Å². The number of rotatable bonds is 8. The largest absolute Gasteiger partial charge is 0.358 e. The highest BCUT2D eigenvalue weighted by Gasteiger charge is 2.18. The average molecular weight is 498 g/mol. The monoisotopic (exact) mass is 496 g/mol. The molecule has 2 aromatic carbocycles. The second-order valence-electron chi connectivity index (χ2n) is 8.63. The third-order valence-electron chi connectivity index (χ3n) is 5.86. The number of unbranched alkanes of at least 4 members (excludes halogenated alkanes) is 1. The van der Waals surface area contributed by atoms with Crippen LogP contribution in [0.5, 0.6) is 0 Å². The Labute approximate surface area is 215 Å². The molecule has 1 aromatic heterocycles. The fourth-order valence-corrected chi connectivity index (χ4v) is 4.06. The van der Waals surface area contributed by atoms with Crippen molar-refractivity contribution in [3.05, 3.63) is 92.8 Å². The van der Waals surface area contributed by atoms with Crippen LogP contribution in [-0.2, 0) is 6.42 Å². The van der Waals surface area contributed by atoms with Crippen LogP contribution in [0.2, 0.25) is 5.02 Å². The number of hydrogen-bond acceptors (Lipinski definition) is 1. The smallest absolute Gasteiger partial charge is 0.0546 e. The summed E-state index contributed by atoms with van der Waals surface area (Å²) in [6, 6.07) is 15.0. The summed E-state index contributed by atoms with van der Waals surface area (Å²) in [5.41, 5.74) is 7.61. The van der Waals surface area contributed by atoms with Crippen LogP contribution in [0, 0.1) is 6.92 Å². The molecule has 0 saturated heterocycles. The van der Waals surface area contributed by atoms with Crippen molar-refractivity contribution in [1.82, 2.24) is 4.98 Å². The highest BCUT2D eigenvalue weighted by atomic mass is 35.5. The Balaban J connectivity index is 0.000000316. The van der Waals surface area contributed by atoms with E-state index in [1.807, 2.05) is 26.0 Å². The third kappa shape index (κ3) is 8.18. The predicted octanol–water partition coefficient (Wildman–Crippen LogP) is 10.1. The minimum Gasteiger partial charge on any atom is -0.358 e. The van der Waals surface area contributed by atoms with Gasteiger partial charge in [-0.05, 0) is 69.4 Å². The average Bonchev–Trinajstić information content (AvgIpc) is 3.19. The van der Waals surface area contributed by atoms with Crippen molar-refractivity contribution >= 4 is 40.3 Å². The van der Waals surface area contributed by atoms with Gasteiger partial charge in [0.05, 0.1) is 5.03 Å². The molecule has 1 unspecified atom stereocenters. The van der Waals surface area contributed by atoms with Gasteiger partial charge in [0.15, 0.2) is 0 Å².